The second kappa shape index (κ2) is 5.58. The zero-order valence-corrected chi connectivity index (χ0v) is 12.4. The third-order valence-electron chi connectivity index (χ3n) is 4.08. The van der Waals surface area contributed by atoms with Gasteiger partial charge in [-0.2, -0.15) is 11.8 Å². The van der Waals surface area contributed by atoms with Gasteiger partial charge < -0.3 is 4.90 Å². The Bertz CT molecular complexity index is 505. The molecular weight excluding hydrogens is 272 g/mol. The summed E-state index contributed by atoms with van der Waals surface area (Å²) in [6.07, 6.45) is 1.20. The topological polar surface area (TPSA) is 40.6 Å². The number of hydrogen-bond donors (Lipinski definition) is 0. The van der Waals surface area contributed by atoms with Crippen molar-refractivity contribution in [3.63, 3.8) is 0 Å². The van der Waals surface area contributed by atoms with E-state index in [1.54, 1.807) is 24.3 Å². The van der Waals surface area contributed by atoms with Crippen LogP contribution < -0.4 is 0 Å². The Morgan fingerprint density at radius 3 is 2.45 bits per heavy atom. The minimum Gasteiger partial charge on any atom is -0.301 e. The molecule has 2 heterocycles. The first-order valence-corrected chi connectivity index (χ1v) is 8.07. The van der Waals surface area contributed by atoms with Crippen LogP contribution in [-0.2, 0) is 0 Å². The first kappa shape index (κ1) is 13.6. The highest BCUT2D eigenvalue weighted by Gasteiger charge is 2.35. The van der Waals surface area contributed by atoms with Crippen molar-refractivity contribution in [3.05, 3.63) is 35.4 Å². The first-order valence-electron chi connectivity index (χ1n) is 6.91. The highest BCUT2D eigenvalue weighted by atomic mass is 32.2. The van der Waals surface area contributed by atoms with Gasteiger partial charge in [-0.05, 0) is 31.4 Å². The SMILES string of the molecule is CN(CCN1C(=O)c2ccccc2C1=O)[C@@H]1CCSC1. The molecule has 1 aromatic rings. The predicted molar refractivity (Wildman–Crippen MR) is 80.2 cm³/mol. The lowest BCUT2D eigenvalue weighted by Gasteiger charge is -2.25. The summed E-state index contributed by atoms with van der Waals surface area (Å²) in [6.45, 7) is 1.22. The number of benzene rings is 1. The van der Waals surface area contributed by atoms with Crippen LogP contribution in [0.3, 0.4) is 0 Å². The molecule has 0 spiro atoms. The van der Waals surface area contributed by atoms with E-state index in [0.717, 1.165) is 12.3 Å². The minimum absolute atomic E-state index is 0.153. The van der Waals surface area contributed by atoms with Crippen LogP contribution in [0.5, 0.6) is 0 Å². The maximum absolute atomic E-state index is 12.2. The molecule has 1 saturated heterocycles. The summed E-state index contributed by atoms with van der Waals surface area (Å²) >= 11 is 1.97. The van der Waals surface area contributed by atoms with E-state index in [9.17, 15) is 9.59 Å². The molecule has 2 aliphatic rings. The molecule has 3 rings (SSSR count). The molecule has 0 aliphatic carbocycles. The predicted octanol–water partition coefficient (Wildman–Crippen LogP) is 1.72. The van der Waals surface area contributed by atoms with Crippen LogP contribution >= 0.6 is 11.8 Å². The van der Waals surface area contributed by atoms with Crippen molar-refractivity contribution in [1.29, 1.82) is 0 Å². The van der Waals surface area contributed by atoms with Crippen LogP contribution in [0, 0.1) is 0 Å². The van der Waals surface area contributed by atoms with Crippen molar-refractivity contribution in [2.45, 2.75) is 12.5 Å². The van der Waals surface area contributed by atoms with Crippen LogP contribution in [0.2, 0.25) is 0 Å². The number of fused-ring (bicyclic) bond motifs is 1. The van der Waals surface area contributed by atoms with Crippen molar-refractivity contribution in [2.75, 3.05) is 31.6 Å². The molecule has 2 aliphatic heterocycles. The molecule has 1 aromatic carbocycles. The Morgan fingerprint density at radius 1 is 1.25 bits per heavy atom. The minimum atomic E-state index is -0.153. The molecule has 20 heavy (non-hydrogen) atoms. The summed E-state index contributed by atoms with van der Waals surface area (Å²) in [4.78, 5) is 28.1. The van der Waals surface area contributed by atoms with E-state index in [1.165, 1.54) is 17.1 Å². The van der Waals surface area contributed by atoms with Gasteiger partial charge in [-0.3, -0.25) is 14.5 Å². The molecule has 0 unspecified atom stereocenters. The summed E-state index contributed by atoms with van der Waals surface area (Å²) in [6, 6.07) is 7.64. The number of hydrogen-bond acceptors (Lipinski definition) is 4. The zero-order chi connectivity index (χ0) is 14.1. The van der Waals surface area contributed by atoms with E-state index in [2.05, 4.69) is 11.9 Å². The number of amides is 2. The Morgan fingerprint density at radius 2 is 1.90 bits per heavy atom. The molecule has 4 nitrogen and oxygen atoms in total. The maximum Gasteiger partial charge on any atom is 0.261 e. The maximum atomic E-state index is 12.2. The van der Waals surface area contributed by atoms with Crippen molar-refractivity contribution >= 4 is 23.6 Å². The number of nitrogens with zero attached hydrogens (tertiary/aromatic N) is 2. The van der Waals surface area contributed by atoms with Crippen LogP contribution in [0.15, 0.2) is 24.3 Å². The Labute approximate surface area is 123 Å². The van der Waals surface area contributed by atoms with Crippen molar-refractivity contribution in [2.24, 2.45) is 0 Å². The van der Waals surface area contributed by atoms with Gasteiger partial charge in [0.1, 0.15) is 0 Å². The smallest absolute Gasteiger partial charge is 0.261 e. The fourth-order valence-electron chi connectivity index (χ4n) is 2.75. The lowest BCUT2D eigenvalue weighted by Crippen LogP contribution is -2.40. The fraction of sp³-hybridized carbons (Fsp3) is 0.467. The standard InChI is InChI=1S/C15H18N2O2S/c1-16(11-6-9-20-10-11)7-8-17-14(18)12-4-2-3-5-13(12)15(17)19/h2-5,11H,6-10H2,1H3/t11-/m1/s1. The molecule has 106 valence electrons. The van der Waals surface area contributed by atoms with Gasteiger partial charge in [-0.1, -0.05) is 12.1 Å². The van der Waals surface area contributed by atoms with E-state index in [-0.39, 0.29) is 11.8 Å². The Hall–Kier alpha value is -1.33. The number of carbonyl (C=O) groups excluding carboxylic acids is 2. The Balaban J connectivity index is 1.64. The van der Waals surface area contributed by atoms with E-state index in [1.807, 2.05) is 11.8 Å². The quantitative estimate of drug-likeness (QED) is 0.792. The van der Waals surface area contributed by atoms with Crippen molar-refractivity contribution in [1.82, 2.24) is 9.80 Å². The molecule has 0 radical (unpaired) electrons. The molecule has 0 N–H and O–H groups in total. The van der Waals surface area contributed by atoms with E-state index < -0.39 is 0 Å². The van der Waals surface area contributed by atoms with Gasteiger partial charge >= 0.3 is 0 Å². The average Bonchev–Trinajstić information content (AvgIpc) is 3.07. The van der Waals surface area contributed by atoms with E-state index >= 15 is 0 Å². The van der Waals surface area contributed by atoms with Crippen molar-refractivity contribution in [3.8, 4) is 0 Å². The molecular formula is C15H18N2O2S. The normalized spacial score (nSPS) is 21.9. The van der Waals surface area contributed by atoms with Crippen LogP contribution in [-0.4, -0.2) is 59.3 Å². The van der Waals surface area contributed by atoms with E-state index in [4.69, 9.17) is 0 Å². The average molecular weight is 290 g/mol. The third-order valence-corrected chi connectivity index (χ3v) is 5.23. The number of carbonyl (C=O) groups is 2. The summed E-state index contributed by atoms with van der Waals surface area (Å²) in [5.74, 6) is 2.06. The lowest BCUT2D eigenvalue weighted by molar-refractivity contribution is 0.0635. The number of likely N-dealkylation sites (N-methyl/N-ethyl adjacent to an activating group) is 1. The van der Waals surface area contributed by atoms with E-state index in [0.29, 0.717) is 23.7 Å². The zero-order valence-electron chi connectivity index (χ0n) is 11.5. The van der Waals surface area contributed by atoms with Crippen LogP contribution in [0.4, 0.5) is 0 Å². The molecule has 2 amide bonds. The monoisotopic (exact) mass is 290 g/mol. The molecule has 0 aromatic heterocycles. The van der Waals surface area contributed by atoms with Crippen LogP contribution in [0.1, 0.15) is 27.1 Å². The first-order chi connectivity index (χ1) is 9.68. The highest BCUT2D eigenvalue weighted by molar-refractivity contribution is 7.99. The van der Waals surface area contributed by atoms with Gasteiger partial charge in [0.15, 0.2) is 0 Å². The number of imide groups is 1. The second-order valence-electron chi connectivity index (χ2n) is 5.31. The van der Waals surface area contributed by atoms with Gasteiger partial charge in [-0.15, -0.1) is 0 Å². The van der Waals surface area contributed by atoms with Gasteiger partial charge in [0.2, 0.25) is 0 Å². The largest absolute Gasteiger partial charge is 0.301 e. The fourth-order valence-corrected chi connectivity index (χ4v) is 4.05. The van der Waals surface area contributed by atoms with Gasteiger partial charge in [0.25, 0.3) is 11.8 Å². The van der Waals surface area contributed by atoms with Gasteiger partial charge in [0, 0.05) is 24.9 Å². The summed E-state index contributed by atoms with van der Waals surface area (Å²) in [5.41, 5.74) is 1.08. The molecule has 1 fully saturated rings. The summed E-state index contributed by atoms with van der Waals surface area (Å²) in [5, 5.41) is 0. The summed E-state index contributed by atoms with van der Waals surface area (Å²) in [7, 11) is 2.08. The lowest BCUT2D eigenvalue weighted by atomic mass is 10.1. The molecule has 1 atom stereocenters. The molecule has 5 heteroatoms. The second-order valence-corrected chi connectivity index (χ2v) is 6.46. The molecule has 0 saturated carbocycles. The summed E-state index contributed by atoms with van der Waals surface area (Å²) < 4.78 is 0. The Kier molecular flexibility index (Phi) is 3.81. The van der Waals surface area contributed by atoms with Gasteiger partial charge in [-0.25, -0.2) is 0 Å². The third kappa shape index (κ3) is 2.36. The van der Waals surface area contributed by atoms with Crippen molar-refractivity contribution < 1.29 is 9.59 Å². The molecule has 0 bridgehead atoms. The van der Waals surface area contributed by atoms with Gasteiger partial charge in [0.05, 0.1) is 11.1 Å². The number of rotatable bonds is 4. The van der Waals surface area contributed by atoms with Crippen LogP contribution in [0.25, 0.3) is 0 Å². The highest BCUT2D eigenvalue weighted by Crippen LogP contribution is 2.23. The number of thioether (sulfide) groups is 1.